The summed E-state index contributed by atoms with van der Waals surface area (Å²) in [6, 6.07) is 0. The second-order valence-corrected chi connectivity index (χ2v) is 3.15. The summed E-state index contributed by atoms with van der Waals surface area (Å²) >= 11 is 0. The summed E-state index contributed by atoms with van der Waals surface area (Å²) in [5, 5.41) is 3.32. The molecule has 0 radical (unpaired) electrons. The maximum absolute atomic E-state index is 7.97. The lowest BCUT2D eigenvalue weighted by Crippen LogP contribution is -1.77. The Labute approximate surface area is 80.5 Å². The molecule has 0 saturated heterocycles. The first kappa shape index (κ1) is 12.0. The van der Waals surface area contributed by atoms with E-state index in [-0.39, 0.29) is 0 Å². The van der Waals surface area contributed by atoms with Crippen LogP contribution >= 0.6 is 0 Å². The Hall–Kier alpha value is -0.950. The van der Waals surface area contributed by atoms with Gasteiger partial charge >= 0.3 is 0 Å². The van der Waals surface area contributed by atoms with E-state index in [2.05, 4.69) is 16.9 Å². The highest BCUT2D eigenvalue weighted by molar-refractivity contribution is 4.79. The van der Waals surface area contributed by atoms with E-state index >= 15 is 0 Å². The first-order valence-corrected chi connectivity index (χ1v) is 5.11. The summed E-state index contributed by atoms with van der Waals surface area (Å²) in [6.45, 7) is 2.22. The van der Waals surface area contributed by atoms with Crippen LogP contribution in [0.2, 0.25) is 0 Å². The van der Waals surface area contributed by atoms with Crippen LogP contribution in [0.3, 0.4) is 0 Å². The highest BCUT2D eigenvalue weighted by Gasteiger charge is 1.87. The van der Waals surface area contributed by atoms with Crippen molar-refractivity contribution in [3.05, 3.63) is 22.7 Å². The van der Waals surface area contributed by atoms with Crippen LogP contribution in [0.5, 0.6) is 0 Å². The molecule has 0 aromatic rings. The van der Waals surface area contributed by atoms with Crippen LogP contribution in [-0.4, -0.2) is 0 Å². The Kier molecular flexibility index (Phi) is 10.2. The Balaban J connectivity index is 3.03. The largest absolute Gasteiger partial charge is 0.0823 e. The van der Waals surface area contributed by atoms with E-state index in [0.717, 1.165) is 6.42 Å². The Morgan fingerprint density at radius 3 is 2.54 bits per heavy atom. The molecule has 0 bridgehead atoms. The minimum atomic E-state index is 1.03. The predicted octanol–water partition coefficient (Wildman–Crippen LogP) is 4.56. The van der Waals surface area contributed by atoms with Crippen LogP contribution in [0.15, 0.2) is 17.4 Å². The highest BCUT2D eigenvalue weighted by Crippen LogP contribution is 2.06. The fourth-order valence-electron chi connectivity index (χ4n) is 1.19. The normalized spacial score (nSPS) is 10.2. The molecule has 0 N–H and O–H groups in total. The number of unbranched alkanes of at least 4 members (excludes halogenated alkanes) is 6. The minimum absolute atomic E-state index is 1.03. The average molecular weight is 181 g/mol. The van der Waals surface area contributed by atoms with E-state index in [1.807, 2.05) is 6.08 Å². The van der Waals surface area contributed by atoms with Crippen molar-refractivity contribution in [2.75, 3.05) is 0 Å². The van der Waals surface area contributed by atoms with Crippen molar-refractivity contribution in [3.63, 3.8) is 0 Å². The van der Waals surface area contributed by atoms with Gasteiger partial charge in [0.2, 0.25) is 0 Å². The third-order valence-electron chi connectivity index (χ3n) is 1.95. The van der Waals surface area contributed by atoms with Crippen LogP contribution in [0.25, 0.3) is 10.4 Å². The number of azide groups is 1. The van der Waals surface area contributed by atoms with Crippen LogP contribution < -0.4 is 0 Å². The van der Waals surface area contributed by atoms with Gasteiger partial charge in [-0.2, -0.15) is 0 Å². The summed E-state index contributed by atoms with van der Waals surface area (Å²) in [4.78, 5) is 2.63. The van der Waals surface area contributed by atoms with Gasteiger partial charge < -0.3 is 0 Å². The second kappa shape index (κ2) is 11.1. The van der Waals surface area contributed by atoms with Gasteiger partial charge in [-0.1, -0.05) is 50.2 Å². The van der Waals surface area contributed by atoms with Gasteiger partial charge in [0, 0.05) is 4.91 Å². The monoisotopic (exact) mass is 181 g/mol. The molecule has 0 heterocycles. The van der Waals surface area contributed by atoms with Gasteiger partial charge in [0.25, 0.3) is 0 Å². The Morgan fingerprint density at radius 2 is 1.85 bits per heavy atom. The molecule has 0 rings (SSSR count). The van der Waals surface area contributed by atoms with Crippen LogP contribution in [0.4, 0.5) is 0 Å². The Morgan fingerprint density at radius 1 is 1.15 bits per heavy atom. The third kappa shape index (κ3) is 11.0. The molecule has 74 valence electrons. The van der Waals surface area contributed by atoms with Crippen molar-refractivity contribution < 1.29 is 0 Å². The number of rotatable bonds is 8. The predicted molar refractivity (Wildman–Crippen MR) is 56.3 cm³/mol. The molecule has 0 unspecified atom stereocenters. The zero-order chi connectivity index (χ0) is 9.78. The molecule has 0 atom stereocenters. The zero-order valence-electron chi connectivity index (χ0n) is 8.45. The summed E-state index contributed by atoms with van der Waals surface area (Å²) in [6.07, 6.45) is 12.4. The van der Waals surface area contributed by atoms with Crippen molar-refractivity contribution in [2.45, 2.75) is 51.9 Å². The highest BCUT2D eigenvalue weighted by atomic mass is 15.1. The van der Waals surface area contributed by atoms with Crippen molar-refractivity contribution in [2.24, 2.45) is 5.11 Å². The average Bonchev–Trinajstić information content (AvgIpc) is 2.16. The van der Waals surface area contributed by atoms with Crippen molar-refractivity contribution in [1.29, 1.82) is 0 Å². The van der Waals surface area contributed by atoms with Crippen LogP contribution in [-0.2, 0) is 0 Å². The number of hydrogen-bond donors (Lipinski definition) is 0. The second-order valence-electron chi connectivity index (χ2n) is 3.15. The topological polar surface area (TPSA) is 48.8 Å². The van der Waals surface area contributed by atoms with E-state index in [1.54, 1.807) is 0 Å². The molecule has 0 amide bonds. The van der Waals surface area contributed by atoms with Gasteiger partial charge in [0.15, 0.2) is 0 Å². The summed E-state index contributed by atoms with van der Waals surface area (Å²) in [5.74, 6) is 0. The summed E-state index contributed by atoms with van der Waals surface area (Å²) < 4.78 is 0. The SMILES string of the molecule is CCCCCCCCC=CN=[N+]=[N-]. The van der Waals surface area contributed by atoms with Gasteiger partial charge in [0.1, 0.15) is 0 Å². The van der Waals surface area contributed by atoms with Crippen molar-refractivity contribution in [1.82, 2.24) is 0 Å². The van der Waals surface area contributed by atoms with E-state index in [4.69, 9.17) is 5.53 Å². The number of nitrogens with zero attached hydrogens (tertiary/aromatic N) is 3. The third-order valence-corrected chi connectivity index (χ3v) is 1.95. The number of hydrogen-bond acceptors (Lipinski definition) is 1. The molecule has 0 aliphatic carbocycles. The van der Waals surface area contributed by atoms with E-state index < -0.39 is 0 Å². The minimum Gasteiger partial charge on any atom is -0.0823 e. The van der Waals surface area contributed by atoms with Gasteiger partial charge in [-0.15, -0.1) is 0 Å². The fourth-order valence-corrected chi connectivity index (χ4v) is 1.19. The maximum atomic E-state index is 7.97. The summed E-state index contributed by atoms with van der Waals surface area (Å²) in [7, 11) is 0. The molecule has 0 aromatic heterocycles. The molecule has 0 saturated carbocycles. The molecular weight excluding hydrogens is 162 g/mol. The Bertz CT molecular complexity index is 169. The van der Waals surface area contributed by atoms with Gasteiger partial charge in [0.05, 0.1) is 0 Å². The van der Waals surface area contributed by atoms with Crippen LogP contribution in [0, 0.1) is 0 Å². The smallest absolute Gasteiger partial charge is 0.00474 e. The van der Waals surface area contributed by atoms with Gasteiger partial charge in [-0.25, -0.2) is 0 Å². The molecule has 0 aliphatic rings. The molecule has 13 heavy (non-hydrogen) atoms. The van der Waals surface area contributed by atoms with Gasteiger partial charge in [-0.05, 0) is 24.6 Å². The van der Waals surface area contributed by atoms with E-state index in [1.165, 1.54) is 44.7 Å². The van der Waals surface area contributed by atoms with Gasteiger partial charge in [-0.3, -0.25) is 0 Å². The first-order valence-electron chi connectivity index (χ1n) is 5.11. The van der Waals surface area contributed by atoms with Crippen LogP contribution in [0.1, 0.15) is 51.9 Å². The van der Waals surface area contributed by atoms with E-state index in [0.29, 0.717) is 0 Å². The zero-order valence-corrected chi connectivity index (χ0v) is 8.45. The lowest BCUT2D eigenvalue weighted by molar-refractivity contribution is 0.611. The lowest BCUT2D eigenvalue weighted by atomic mass is 10.1. The molecule has 0 fully saturated rings. The van der Waals surface area contributed by atoms with Crippen molar-refractivity contribution >= 4 is 0 Å². The summed E-state index contributed by atoms with van der Waals surface area (Å²) in [5.41, 5.74) is 7.97. The molecule has 3 nitrogen and oxygen atoms in total. The van der Waals surface area contributed by atoms with E-state index in [9.17, 15) is 0 Å². The first-order chi connectivity index (χ1) is 6.41. The lowest BCUT2D eigenvalue weighted by Gasteiger charge is -1.96. The van der Waals surface area contributed by atoms with Crippen molar-refractivity contribution in [3.8, 4) is 0 Å². The number of allylic oxidation sites excluding steroid dienone is 1. The molecule has 0 spiro atoms. The fraction of sp³-hybridized carbons (Fsp3) is 0.800. The molecular formula is C10H19N3. The molecule has 3 heteroatoms. The molecule has 0 aromatic carbocycles. The quantitative estimate of drug-likeness (QED) is 0.228. The maximum Gasteiger partial charge on any atom is 0.00474 e. The standard InChI is InChI=1S/C10H19N3/c1-2-3-4-5-6-7-8-9-10-12-13-11/h9-10H,2-8H2,1H3. The molecule has 0 aliphatic heterocycles.